The first-order chi connectivity index (χ1) is 20.0. The number of ether oxygens (including phenoxy) is 1. The maximum atomic E-state index is 12.8. The molecule has 1 fully saturated rings. The van der Waals surface area contributed by atoms with Crippen LogP contribution in [-0.2, 0) is 26.0 Å². The number of aldehydes is 1. The molecule has 1 saturated heterocycles. The zero-order valence-corrected chi connectivity index (χ0v) is 26.5. The molecule has 0 aliphatic carbocycles. The van der Waals surface area contributed by atoms with Gasteiger partial charge in [-0.3, -0.25) is 4.79 Å². The van der Waals surface area contributed by atoms with Crippen molar-refractivity contribution >= 4 is 57.1 Å². The topological polar surface area (TPSA) is 127 Å². The van der Waals surface area contributed by atoms with Gasteiger partial charge in [-0.1, -0.05) is 59.1 Å². The predicted octanol–water partition coefficient (Wildman–Crippen LogP) is 6.59. The molecule has 1 aliphatic heterocycles. The fourth-order valence-electron chi connectivity index (χ4n) is 4.39. The van der Waals surface area contributed by atoms with E-state index in [2.05, 4.69) is 5.73 Å². The SMILES string of the molecule is CN.COc1ccc(Cl)cc1S(=O)(=O)N1CCCC(CC=O)C1.O=C(O)CCc1ccc(-c2cc(Cl)ccc2Cl)cc1. The van der Waals surface area contributed by atoms with Gasteiger partial charge in [0.2, 0.25) is 10.0 Å². The highest BCUT2D eigenvalue weighted by Crippen LogP contribution is 2.33. The molecular weight excluding hydrogens is 623 g/mol. The number of aliphatic carboxylic acids is 1. The van der Waals surface area contributed by atoms with Gasteiger partial charge < -0.3 is 20.4 Å². The first kappa shape index (κ1) is 35.5. The molecule has 3 aromatic carbocycles. The van der Waals surface area contributed by atoms with Gasteiger partial charge in [-0.25, -0.2) is 8.42 Å². The minimum atomic E-state index is -3.67. The van der Waals surface area contributed by atoms with E-state index < -0.39 is 16.0 Å². The highest BCUT2D eigenvalue weighted by molar-refractivity contribution is 7.89. The molecule has 12 heteroatoms. The molecule has 0 amide bonds. The van der Waals surface area contributed by atoms with E-state index in [0.717, 1.165) is 35.8 Å². The number of halogens is 3. The normalized spacial score (nSPS) is 15.0. The molecular formula is C30H35Cl3N2O6S. The van der Waals surface area contributed by atoms with Crippen LogP contribution in [0.15, 0.2) is 65.6 Å². The van der Waals surface area contributed by atoms with Crippen LogP contribution in [-0.4, -0.2) is 57.3 Å². The lowest BCUT2D eigenvalue weighted by Gasteiger charge is -2.31. The van der Waals surface area contributed by atoms with E-state index in [4.69, 9.17) is 44.6 Å². The molecule has 8 nitrogen and oxygen atoms in total. The molecule has 1 aliphatic rings. The third-order valence-electron chi connectivity index (χ3n) is 6.48. The van der Waals surface area contributed by atoms with Crippen LogP contribution >= 0.6 is 34.8 Å². The number of benzene rings is 3. The van der Waals surface area contributed by atoms with Crippen LogP contribution < -0.4 is 10.5 Å². The van der Waals surface area contributed by atoms with Crippen LogP contribution in [0.1, 0.15) is 31.2 Å². The zero-order valence-electron chi connectivity index (χ0n) is 23.4. The number of carbonyl (C=O) groups is 2. The molecule has 0 spiro atoms. The summed E-state index contributed by atoms with van der Waals surface area (Å²) in [4.78, 5) is 21.2. The van der Waals surface area contributed by atoms with Gasteiger partial charge in [0.05, 0.1) is 7.11 Å². The van der Waals surface area contributed by atoms with E-state index in [9.17, 15) is 18.0 Å². The number of hydrogen-bond acceptors (Lipinski definition) is 6. The third-order valence-corrected chi connectivity index (χ3v) is 9.16. The van der Waals surface area contributed by atoms with Gasteiger partial charge in [0, 0.05) is 46.6 Å². The van der Waals surface area contributed by atoms with Crippen LogP contribution in [0.4, 0.5) is 0 Å². The van der Waals surface area contributed by atoms with E-state index in [0.29, 0.717) is 41.0 Å². The molecule has 1 atom stereocenters. The number of carboxylic acid groups (broad SMARTS) is 1. The average molecular weight is 658 g/mol. The number of sulfonamides is 1. The molecule has 228 valence electrons. The van der Waals surface area contributed by atoms with E-state index in [1.165, 1.54) is 24.5 Å². The zero-order chi connectivity index (χ0) is 31.3. The van der Waals surface area contributed by atoms with Crippen LogP contribution in [0, 0.1) is 5.92 Å². The van der Waals surface area contributed by atoms with Crippen molar-refractivity contribution in [2.75, 3.05) is 27.2 Å². The Bertz CT molecular complexity index is 1440. The second kappa shape index (κ2) is 17.5. The Kier molecular flexibility index (Phi) is 14.8. The molecule has 42 heavy (non-hydrogen) atoms. The average Bonchev–Trinajstić information content (AvgIpc) is 2.99. The number of methoxy groups -OCH3 is 1. The van der Waals surface area contributed by atoms with Gasteiger partial charge >= 0.3 is 5.97 Å². The summed E-state index contributed by atoms with van der Waals surface area (Å²) in [6, 6.07) is 17.5. The third kappa shape index (κ3) is 10.3. The number of carboxylic acids is 1. The minimum absolute atomic E-state index is 0.0734. The molecule has 0 aromatic heterocycles. The van der Waals surface area contributed by atoms with Crippen molar-refractivity contribution in [3.8, 4) is 16.9 Å². The van der Waals surface area contributed by atoms with Crippen LogP contribution in [0.3, 0.4) is 0 Å². The summed E-state index contributed by atoms with van der Waals surface area (Å²) in [5.74, 6) is -0.435. The molecule has 3 aromatic rings. The first-order valence-corrected chi connectivity index (χ1v) is 15.7. The van der Waals surface area contributed by atoms with Crippen molar-refractivity contribution in [3.05, 3.63) is 81.3 Å². The summed E-state index contributed by atoms with van der Waals surface area (Å²) in [6.45, 7) is 0.810. The maximum Gasteiger partial charge on any atom is 0.303 e. The van der Waals surface area contributed by atoms with Gasteiger partial charge in [-0.15, -0.1) is 0 Å². The summed E-state index contributed by atoms with van der Waals surface area (Å²) in [5.41, 5.74) is 7.33. The Hall–Kier alpha value is -2.66. The summed E-state index contributed by atoms with van der Waals surface area (Å²) in [7, 11) is -0.746. The summed E-state index contributed by atoms with van der Waals surface area (Å²) >= 11 is 18.0. The van der Waals surface area contributed by atoms with Crippen molar-refractivity contribution in [1.82, 2.24) is 4.31 Å². The summed E-state index contributed by atoms with van der Waals surface area (Å²) in [6.07, 6.45) is 3.52. The maximum absolute atomic E-state index is 12.8. The minimum Gasteiger partial charge on any atom is -0.495 e. The molecule has 1 unspecified atom stereocenters. The fourth-order valence-corrected chi connectivity index (χ4v) is 6.76. The lowest BCUT2D eigenvalue weighted by molar-refractivity contribution is -0.137. The van der Waals surface area contributed by atoms with Crippen molar-refractivity contribution in [1.29, 1.82) is 0 Å². The van der Waals surface area contributed by atoms with E-state index in [1.807, 2.05) is 30.3 Å². The van der Waals surface area contributed by atoms with Crippen LogP contribution in [0.2, 0.25) is 15.1 Å². The van der Waals surface area contributed by atoms with Crippen molar-refractivity contribution in [2.45, 2.75) is 37.0 Å². The smallest absolute Gasteiger partial charge is 0.303 e. The second-order valence-corrected chi connectivity index (χ2v) is 12.5. The monoisotopic (exact) mass is 656 g/mol. The largest absolute Gasteiger partial charge is 0.495 e. The van der Waals surface area contributed by atoms with Crippen LogP contribution in [0.5, 0.6) is 5.75 Å². The standard InChI is InChI=1S/C15H12Cl2O2.C14H18ClNO4S.CH5N/c16-12-6-7-14(17)13(9-12)11-4-1-10(2-5-11)3-8-15(18)19;1-20-13-5-4-12(15)9-14(13)21(18,19)16-7-2-3-11(10-16)6-8-17;1-2/h1-2,4-7,9H,3,8H2,(H,18,19);4-5,8-9,11H,2-3,6-7,10H2,1H3;2H2,1H3. The lowest BCUT2D eigenvalue weighted by Crippen LogP contribution is -2.40. The van der Waals surface area contributed by atoms with E-state index in [1.54, 1.807) is 24.3 Å². The first-order valence-electron chi connectivity index (χ1n) is 13.2. The quantitative estimate of drug-likeness (QED) is 0.249. The number of nitrogens with zero attached hydrogens (tertiary/aromatic N) is 1. The fraction of sp³-hybridized carbons (Fsp3) is 0.333. The number of piperidine rings is 1. The highest BCUT2D eigenvalue weighted by atomic mass is 35.5. The van der Waals surface area contributed by atoms with Gasteiger partial charge in [0.25, 0.3) is 0 Å². The molecule has 4 rings (SSSR count). The number of carbonyl (C=O) groups excluding carboxylic acids is 1. The highest BCUT2D eigenvalue weighted by Gasteiger charge is 2.32. The van der Waals surface area contributed by atoms with Gasteiger partial charge in [-0.05, 0) is 79.8 Å². The van der Waals surface area contributed by atoms with Gasteiger partial charge in [0.1, 0.15) is 16.9 Å². The summed E-state index contributed by atoms with van der Waals surface area (Å²) < 4.78 is 32.1. The number of hydrogen-bond donors (Lipinski definition) is 2. The van der Waals surface area contributed by atoms with E-state index in [-0.39, 0.29) is 23.0 Å². The summed E-state index contributed by atoms with van der Waals surface area (Å²) in [5, 5.41) is 10.3. The Morgan fingerprint density at radius 1 is 1.05 bits per heavy atom. The molecule has 1 heterocycles. The van der Waals surface area contributed by atoms with Crippen molar-refractivity contribution < 1.29 is 27.9 Å². The Morgan fingerprint density at radius 3 is 2.31 bits per heavy atom. The number of aryl methyl sites for hydroxylation is 1. The van der Waals surface area contributed by atoms with Crippen molar-refractivity contribution in [3.63, 3.8) is 0 Å². The van der Waals surface area contributed by atoms with Crippen LogP contribution in [0.25, 0.3) is 11.1 Å². The number of nitrogens with two attached hydrogens (primary N) is 1. The Morgan fingerprint density at radius 2 is 1.69 bits per heavy atom. The molecule has 0 bridgehead atoms. The Balaban J connectivity index is 0.000000278. The Labute approximate surface area is 262 Å². The predicted molar refractivity (Wildman–Crippen MR) is 168 cm³/mol. The molecule has 3 N–H and O–H groups in total. The van der Waals surface area contributed by atoms with Gasteiger partial charge in [0.15, 0.2) is 0 Å². The lowest BCUT2D eigenvalue weighted by atomic mass is 9.97. The van der Waals surface area contributed by atoms with E-state index >= 15 is 0 Å². The van der Waals surface area contributed by atoms with Gasteiger partial charge in [-0.2, -0.15) is 4.31 Å². The second-order valence-electron chi connectivity index (χ2n) is 9.28. The molecule has 0 saturated carbocycles. The molecule has 0 radical (unpaired) electrons. The van der Waals surface area contributed by atoms with Crippen molar-refractivity contribution in [2.24, 2.45) is 11.7 Å². The number of rotatable bonds is 9.